The average Bonchev–Trinajstić information content (AvgIpc) is 2.27. The van der Waals surface area contributed by atoms with E-state index in [2.05, 4.69) is 43.2 Å². The van der Waals surface area contributed by atoms with E-state index in [4.69, 9.17) is 4.74 Å². The first-order valence-electron chi connectivity index (χ1n) is 6.71. The van der Waals surface area contributed by atoms with Crippen LogP contribution in [-0.2, 0) is 9.53 Å². The SMILES string of the molecule is CC(C)NCCOCC(=O)NCCN(C)C(C)C. The van der Waals surface area contributed by atoms with Crippen LogP contribution in [0.4, 0.5) is 0 Å². The predicted molar refractivity (Wildman–Crippen MR) is 74.7 cm³/mol. The van der Waals surface area contributed by atoms with Crippen LogP contribution in [0.25, 0.3) is 0 Å². The summed E-state index contributed by atoms with van der Waals surface area (Å²) in [6, 6.07) is 0.953. The zero-order valence-electron chi connectivity index (χ0n) is 12.5. The highest BCUT2D eigenvalue weighted by atomic mass is 16.5. The highest BCUT2D eigenvalue weighted by Crippen LogP contribution is 1.90. The molecule has 0 aromatic rings. The second-order valence-corrected chi connectivity index (χ2v) is 5.09. The number of hydrogen-bond acceptors (Lipinski definition) is 4. The van der Waals surface area contributed by atoms with E-state index in [1.165, 1.54) is 0 Å². The maximum Gasteiger partial charge on any atom is 0.246 e. The van der Waals surface area contributed by atoms with Gasteiger partial charge in [0, 0.05) is 31.7 Å². The van der Waals surface area contributed by atoms with Crippen molar-refractivity contribution in [2.75, 3.05) is 39.9 Å². The lowest BCUT2D eigenvalue weighted by Crippen LogP contribution is -2.37. The van der Waals surface area contributed by atoms with Crippen LogP contribution in [0, 0.1) is 0 Å². The first-order chi connectivity index (χ1) is 8.43. The number of rotatable bonds is 10. The Kier molecular flexibility index (Phi) is 9.92. The van der Waals surface area contributed by atoms with Gasteiger partial charge in [0.25, 0.3) is 0 Å². The summed E-state index contributed by atoms with van der Waals surface area (Å²) in [4.78, 5) is 13.6. The lowest BCUT2D eigenvalue weighted by atomic mass is 10.3. The fraction of sp³-hybridized carbons (Fsp3) is 0.923. The molecule has 5 nitrogen and oxygen atoms in total. The molecule has 0 spiro atoms. The molecule has 18 heavy (non-hydrogen) atoms. The molecule has 0 saturated heterocycles. The molecule has 0 aliphatic heterocycles. The van der Waals surface area contributed by atoms with Crippen LogP contribution in [0.2, 0.25) is 0 Å². The molecule has 0 unspecified atom stereocenters. The summed E-state index contributed by atoms with van der Waals surface area (Å²) in [6.07, 6.45) is 0. The van der Waals surface area contributed by atoms with Gasteiger partial charge in [-0.2, -0.15) is 0 Å². The lowest BCUT2D eigenvalue weighted by molar-refractivity contribution is -0.125. The fourth-order valence-electron chi connectivity index (χ4n) is 1.27. The molecule has 0 aromatic carbocycles. The van der Waals surface area contributed by atoms with E-state index in [-0.39, 0.29) is 12.5 Å². The standard InChI is InChI=1S/C13H29N3O2/c1-11(2)14-7-9-18-10-13(17)15-6-8-16(5)12(3)4/h11-12,14H,6-10H2,1-5H3,(H,15,17). The third-order valence-electron chi connectivity index (χ3n) is 2.70. The van der Waals surface area contributed by atoms with E-state index in [1.807, 2.05) is 7.05 Å². The zero-order valence-corrected chi connectivity index (χ0v) is 12.5. The van der Waals surface area contributed by atoms with Crippen LogP contribution < -0.4 is 10.6 Å². The molecule has 0 atom stereocenters. The Labute approximate surface area is 111 Å². The molecule has 0 fully saturated rings. The van der Waals surface area contributed by atoms with Gasteiger partial charge >= 0.3 is 0 Å². The van der Waals surface area contributed by atoms with Crippen LogP contribution in [-0.4, -0.2) is 62.8 Å². The Morgan fingerprint density at radius 2 is 1.89 bits per heavy atom. The van der Waals surface area contributed by atoms with E-state index < -0.39 is 0 Å². The summed E-state index contributed by atoms with van der Waals surface area (Å²) in [5.74, 6) is -0.0447. The van der Waals surface area contributed by atoms with E-state index in [0.29, 0.717) is 25.2 Å². The number of hydrogen-bond donors (Lipinski definition) is 2. The van der Waals surface area contributed by atoms with Crippen molar-refractivity contribution in [3.63, 3.8) is 0 Å². The Morgan fingerprint density at radius 1 is 1.22 bits per heavy atom. The van der Waals surface area contributed by atoms with Crippen molar-refractivity contribution < 1.29 is 9.53 Å². The molecule has 108 valence electrons. The van der Waals surface area contributed by atoms with Gasteiger partial charge in [-0.15, -0.1) is 0 Å². The summed E-state index contributed by atoms with van der Waals surface area (Å²) in [6.45, 7) is 11.4. The minimum absolute atomic E-state index is 0.0447. The molecule has 1 amide bonds. The van der Waals surface area contributed by atoms with Crippen molar-refractivity contribution in [1.82, 2.24) is 15.5 Å². The number of nitrogens with zero attached hydrogens (tertiary/aromatic N) is 1. The lowest BCUT2D eigenvalue weighted by Gasteiger charge is -2.20. The number of carbonyl (C=O) groups excluding carboxylic acids is 1. The minimum Gasteiger partial charge on any atom is -0.370 e. The van der Waals surface area contributed by atoms with Gasteiger partial charge in [0.15, 0.2) is 0 Å². The maximum atomic E-state index is 11.4. The molecular weight excluding hydrogens is 230 g/mol. The van der Waals surface area contributed by atoms with Crippen molar-refractivity contribution >= 4 is 5.91 Å². The van der Waals surface area contributed by atoms with Gasteiger partial charge in [0.05, 0.1) is 6.61 Å². The van der Waals surface area contributed by atoms with Crippen LogP contribution in [0.5, 0.6) is 0 Å². The summed E-state index contributed by atoms with van der Waals surface area (Å²) in [7, 11) is 2.05. The van der Waals surface area contributed by atoms with Gasteiger partial charge in [-0.25, -0.2) is 0 Å². The first kappa shape index (κ1) is 17.4. The summed E-state index contributed by atoms with van der Waals surface area (Å²) in [5, 5.41) is 6.07. The van der Waals surface area contributed by atoms with E-state index in [0.717, 1.165) is 13.1 Å². The Morgan fingerprint density at radius 3 is 2.44 bits per heavy atom. The van der Waals surface area contributed by atoms with E-state index in [9.17, 15) is 4.79 Å². The first-order valence-corrected chi connectivity index (χ1v) is 6.71. The van der Waals surface area contributed by atoms with Crippen LogP contribution >= 0.6 is 0 Å². The van der Waals surface area contributed by atoms with Gasteiger partial charge in [0.2, 0.25) is 5.91 Å². The van der Waals surface area contributed by atoms with Crippen molar-refractivity contribution in [1.29, 1.82) is 0 Å². The molecule has 0 heterocycles. The third-order valence-corrected chi connectivity index (χ3v) is 2.70. The van der Waals surface area contributed by atoms with Crippen molar-refractivity contribution in [3.05, 3.63) is 0 Å². The molecule has 0 saturated carbocycles. The molecule has 0 aliphatic carbocycles. The van der Waals surface area contributed by atoms with Crippen molar-refractivity contribution in [2.24, 2.45) is 0 Å². The molecule has 0 rings (SSSR count). The number of ether oxygens (including phenoxy) is 1. The van der Waals surface area contributed by atoms with Gasteiger partial charge in [0.1, 0.15) is 6.61 Å². The molecule has 5 heteroatoms. The smallest absolute Gasteiger partial charge is 0.246 e. The fourth-order valence-corrected chi connectivity index (χ4v) is 1.27. The van der Waals surface area contributed by atoms with Gasteiger partial charge < -0.3 is 20.3 Å². The molecule has 0 aromatic heterocycles. The average molecular weight is 259 g/mol. The highest BCUT2D eigenvalue weighted by Gasteiger charge is 2.04. The van der Waals surface area contributed by atoms with Gasteiger partial charge in [-0.1, -0.05) is 13.8 Å². The van der Waals surface area contributed by atoms with Crippen LogP contribution in [0.3, 0.4) is 0 Å². The second-order valence-electron chi connectivity index (χ2n) is 5.09. The summed E-state index contributed by atoms with van der Waals surface area (Å²) in [5.41, 5.74) is 0. The third kappa shape index (κ3) is 10.5. The van der Waals surface area contributed by atoms with Crippen LogP contribution in [0.15, 0.2) is 0 Å². The largest absolute Gasteiger partial charge is 0.370 e. The number of likely N-dealkylation sites (N-methyl/N-ethyl adjacent to an activating group) is 1. The molecule has 2 N–H and O–H groups in total. The Hall–Kier alpha value is -0.650. The number of nitrogens with one attached hydrogen (secondary N) is 2. The number of amides is 1. The monoisotopic (exact) mass is 259 g/mol. The topological polar surface area (TPSA) is 53.6 Å². The van der Waals surface area contributed by atoms with Crippen molar-refractivity contribution in [2.45, 2.75) is 39.8 Å². The Balaban J connectivity index is 3.38. The molecule has 0 bridgehead atoms. The minimum atomic E-state index is -0.0447. The van der Waals surface area contributed by atoms with Crippen LogP contribution in [0.1, 0.15) is 27.7 Å². The molecule has 0 aliphatic rings. The van der Waals surface area contributed by atoms with Crippen molar-refractivity contribution in [3.8, 4) is 0 Å². The molecule has 0 radical (unpaired) electrons. The highest BCUT2D eigenvalue weighted by molar-refractivity contribution is 5.77. The second kappa shape index (κ2) is 10.3. The van der Waals surface area contributed by atoms with E-state index in [1.54, 1.807) is 0 Å². The zero-order chi connectivity index (χ0) is 14.0. The Bertz CT molecular complexity index is 220. The van der Waals surface area contributed by atoms with Gasteiger partial charge in [-0.05, 0) is 20.9 Å². The summed E-state index contributed by atoms with van der Waals surface area (Å²) < 4.78 is 5.26. The predicted octanol–water partition coefficient (Wildman–Crippen LogP) is 0.457. The quantitative estimate of drug-likeness (QED) is 0.560. The number of carbonyl (C=O) groups is 1. The van der Waals surface area contributed by atoms with E-state index >= 15 is 0 Å². The normalized spacial score (nSPS) is 11.6. The molecular formula is C13H29N3O2. The maximum absolute atomic E-state index is 11.4. The summed E-state index contributed by atoms with van der Waals surface area (Å²) >= 11 is 0. The van der Waals surface area contributed by atoms with Gasteiger partial charge in [-0.3, -0.25) is 4.79 Å².